The van der Waals surface area contributed by atoms with Gasteiger partial charge in [-0.15, -0.1) is 0 Å². The molecule has 0 unspecified atom stereocenters. The maximum atomic E-state index is 12.8. The molecule has 0 saturated heterocycles. The van der Waals surface area contributed by atoms with Gasteiger partial charge in [-0.2, -0.15) is 0 Å². The summed E-state index contributed by atoms with van der Waals surface area (Å²) in [6, 6.07) is 7.13. The molecule has 0 bridgehead atoms. The molecule has 0 heterocycles. The van der Waals surface area contributed by atoms with E-state index in [0.717, 1.165) is 0 Å². The van der Waals surface area contributed by atoms with E-state index in [1.54, 1.807) is 13.8 Å². The third-order valence-corrected chi connectivity index (χ3v) is 1.81. The molecule has 3 heteroatoms. The molecule has 1 N–H and O–H groups in total. The van der Waals surface area contributed by atoms with Crippen LogP contribution in [0.4, 0.5) is 4.39 Å². The molecular weight excluding hydrogens is 183 g/mol. The lowest BCUT2D eigenvalue weighted by atomic mass is 10.1. The third kappa shape index (κ3) is 3.44. The molecule has 0 saturated carbocycles. The first-order valence-electron chi connectivity index (χ1n) is 4.56. The van der Waals surface area contributed by atoms with E-state index >= 15 is 0 Å². The van der Waals surface area contributed by atoms with E-state index in [1.165, 1.54) is 18.2 Å². The van der Waals surface area contributed by atoms with E-state index < -0.39 is 6.10 Å². The molecule has 0 spiro atoms. The average Bonchev–Trinajstić information content (AvgIpc) is 2.14. The number of aliphatic hydroxyl groups is 1. The highest BCUT2D eigenvalue weighted by Gasteiger charge is 2.07. The van der Waals surface area contributed by atoms with Crippen molar-refractivity contribution in [3.63, 3.8) is 0 Å². The van der Waals surface area contributed by atoms with Crippen molar-refractivity contribution in [3.8, 4) is 0 Å². The fourth-order valence-electron chi connectivity index (χ4n) is 1.06. The normalized spacial score (nSPS) is 15.1. The lowest BCUT2D eigenvalue weighted by Crippen LogP contribution is -2.12. The van der Waals surface area contributed by atoms with Gasteiger partial charge < -0.3 is 9.84 Å². The van der Waals surface area contributed by atoms with Crippen LogP contribution >= 0.6 is 0 Å². The lowest BCUT2D eigenvalue weighted by Gasteiger charge is -2.14. The lowest BCUT2D eigenvalue weighted by molar-refractivity contribution is 0.00429. The summed E-state index contributed by atoms with van der Waals surface area (Å²) in [5.74, 6) is -0.300. The second-order valence-corrected chi connectivity index (χ2v) is 3.29. The Morgan fingerprint density at radius 3 is 2.86 bits per heavy atom. The first-order valence-corrected chi connectivity index (χ1v) is 4.56. The van der Waals surface area contributed by atoms with Gasteiger partial charge in [0.1, 0.15) is 5.82 Å². The third-order valence-electron chi connectivity index (χ3n) is 1.81. The first kappa shape index (κ1) is 11.1. The summed E-state index contributed by atoms with van der Waals surface area (Å²) in [6.07, 6.45) is -0.758. The number of aliphatic hydroxyl groups excluding tert-OH is 1. The van der Waals surface area contributed by atoms with Crippen molar-refractivity contribution in [3.05, 3.63) is 35.6 Å². The van der Waals surface area contributed by atoms with Crippen LogP contribution in [0.15, 0.2) is 18.2 Å². The summed E-state index contributed by atoms with van der Waals surface area (Å²) < 4.78 is 18.1. The molecule has 0 aliphatic carbocycles. The van der Waals surface area contributed by atoms with Gasteiger partial charge >= 0.3 is 0 Å². The molecule has 2 atom stereocenters. The van der Waals surface area contributed by atoms with Crippen LogP contribution in [0, 0.1) is 11.9 Å². The molecule has 77 valence electrons. The molecule has 1 rings (SSSR count). The van der Waals surface area contributed by atoms with Gasteiger partial charge in [0, 0.05) is 0 Å². The van der Waals surface area contributed by atoms with Gasteiger partial charge in [-0.3, -0.25) is 0 Å². The van der Waals surface area contributed by atoms with Gasteiger partial charge in [-0.05, 0) is 37.6 Å². The van der Waals surface area contributed by atoms with Crippen molar-refractivity contribution in [1.82, 2.24) is 0 Å². The molecule has 1 aromatic rings. The van der Waals surface area contributed by atoms with Crippen molar-refractivity contribution >= 4 is 0 Å². The van der Waals surface area contributed by atoms with Crippen molar-refractivity contribution in [1.29, 1.82) is 0 Å². The highest BCUT2D eigenvalue weighted by atomic mass is 19.1. The number of rotatable bonds is 4. The van der Waals surface area contributed by atoms with Crippen LogP contribution < -0.4 is 0 Å². The van der Waals surface area contributed by atoms with Crippen LogP contribution in [-0.2, 0) is 4.74 Å². The number of ether oxygens (including phenoxy) is 1. The summed E-state index contributed by atoms with van der Waals surface area (Å²) >= 11 is 0. The summed E-state index contributed by atoms with van der Waals surface area (Å²) in [5.41, 5.74) is 0.658. The standard InChI is InChI=1S/C11H14FO2/c1-8(13)7-14-9(2)10-4-3-5-11(12)6-10/h3,5-6,8-9,13H,7H2,1-2H3/t8-,9-/m1/s1. The Hall–Kier alpha value is -0.930. The second-order valence-electron chi connectivity index (χ2n) is 3.29. The first-order chi connectivity index (χ1) is 6.59. The Balaban J connectivity index is 2.56. The van der Waals surface area contributed by atoms with Crippen LogP contribution in [0.3, 0.4) is 0 Å². The molecule has 14 heavy (non-hydrogen) atoms. The molecule has 2 nitrogen and oxygen atoms in total. The minimum Gasteiger partial charge on any atom is -0.391 e. The van der Waals surface area contributed by atoms with Crippen molar-refractivity contribution in [2.75, 3.05) is 6.61 Å². The Morgan fingerprint density at radius 2 is 2.29 bits per heavy atom. The second kappa shape index (κ2) is 5.08. The highest BCUT2D eigenvalue weighted by molar-refractivity contribution is 5.16. The molecule has 0 aliphatic heterocycles. The monoisotopic (exact) mass is 197 g/mol. The molecular formula is C11H14FO2. The molecule has 1 aromatic carbocycles. The van der Waals surface area contributed by atoms with E-state index in [1.807, 2.05) is 0 Å². The van der Waals surface area contributed by atoms with Crippen LogP contribution in [0.2, 0.25) is 0 Å². The smallest absolute Gasteiger partial charge is 0.123 e. The predicted molar refractivity (Wildman–Crippen MR) is 51.3 cm³/mol. The average molecular weight is 197 g/mol. The van der Waals surface area contributed by atoms with Crippen LogP contribution in [0.1, 0.15) is 25.5 Å². The zero-order valence-electron chi connectivity index (χ0n) is 8.33. The number of benzene rings is 1. The molecule has 1 radical (unpaired) electrons. The Bertz CT molecular complexity index is 286. The topological polar surface area (TPSA) is 29.5 Å². The summed E-state index contributed by atoms with van der Waals surface area (Å²) in [4.78, 5) is 0. The van der Waals surface area contributed by atoms with Crippen molar-refractivity contribution in [2.24, 2.45) is 0 Å². The van der Waals surface area contributed by atoms with E-state index in [0.29, 0.717) is 5.56 Å². The summed E-state index contributed by atoms with van der Waals surface area (Å²) in [5, 5.41) is 8.99. The quantitative estimate of drug-likeness (QED) is 0.800. The van der Waals surface area contributed by atoms with Crippen molar-refractivity contribution < 1.29 is 14.2 Å². The van der Waals surface area contributed by atoms with Crippen molar-refractivity contribution in [2.45, 2.75) is 26.1 Å². The predicted octanol–water partition coefficient (Wildman–Crippen LogP) is 2.08. The SMILES string of the molecule is C[C@@H](O)CO[C@H](C)c1[c]ccc(F)c1. The minimum absolute atomic E-state index is 0.242. The van der Waals surface area contributed by atoms with Gasteiger partial charge in [0.25, 0.3) is 0 Å². The number of hydrogen-bond donors (Lipinski definition) is 1. The highest BCUT2D eigenvalue weighted by Crippen LogP contribution is 2.16. The molecule has 0 aromatic heterocycles. The van der Waals surface area contributed by atoms with Crippen LogP contribution in [-0.4, -0.2) is 17.8 Å². The molecule has 0 aliphatic rings. The zero-order valence-corrected chi connectivity index (χ0v) is 8.33. The summed E-state index contributed by atoms with van der Waals surface area (Å²) in [7, 11) is 0. The summed E-state index contributed by atoms with van der Waals surface area (Å²) in [6.45, 7) is 3.68. The van der Waals surface area contributed by atoms with E-state index in [2.05, 4.69) is 6.07 Å². The Morgan fingerprint density at radius 1 is 1.57 bits per heavy atom. The Kier molecular flexibility index (Phi) is 4.04. The number of hydrogen-bond acceptors (Lipinski definition) is 2. The Labute approximate surface area is 83.3 Å². The number of halogens is 1. The maximum absolute atomic E-state index is 12.8. The van der Waals surface area contributed by atoms with E-state index in [-0.39, 0.29) is 18.5 Å². The largest absolute Gasteiger partial charge is 0.391 e. The molecule has 0 fully saturated rings. The van der Waals surface area contributed by atoms with Gasteiger partial charge in [0.15, 0.2) is 0 Å². The fourth-order valence-corrected chi connectivity index (χ4v) is 1.06. The minimum atomic E-state index is -0.508. The van der Waals surface area contributed by atoms with Crippen LogP contribution in [0.25, 0.3) is 0 Å². The maximum Gasteiger partial charge on any atom is 0.123 e. The van der Waals surface area contributed by atoms with Gasteiger partial charge in [0.2, 0.25) is 0 Å². The van der Waals surface area contributed by atoms with Gasteiger partial charge in [-0.25, -0.2) is 4.39 Å². The van der Waals surface area contributed by atoms with E-state index in [4.69, 9.17) is 9.84 Å². The molecule has 0 amide bonds. The van der Waals surface area contributed by atoms with Gasteiger partial charge in [-0.1, -0.05) is 6.07 Å². The van der Waals surface area contributed by atoms with Gasteiger partial charge in [0.05, 0.1) is 18.8 Å². The van der Waals surface area contributed by atoms with Crippen LogP contribution in [0.5, 0.6) is 0 Å². The zero-order chi connectivity index (χ0) is 10.6. The fraction of sp³-hybridized carbons (Fsp3) is 0.455. The van der Waals surface area contributed by atoms with E-state index in [9.17, 15) is 4.39 Å².